The highest BCUT2D eigenvalue weighted by Gasteiger charge is 2.21. The minimum atomic E-state index is -3.34. The maximum absolute atomic E-state index is 13.5. The summed E-state index contributed by atoms with van der Waals surface area (Å²) in [5.74, 6) is -0.421. The Kier molecular flexibility index (Phi) is 6.12. The normalized spacial score (nSPS) is 14.8. The number of nitrogens with zero attached hydrogens (tertiary/aromatic N) is 2. The van der Waals surface area contributed by atoms with E-state index >= 15 is 0 Å². The molecule has 3 rings (SSSR count). The average molecular weight is 424 g/mol. The van der Waals surface area contributed by atoms with Gasteiger partial charge in [0.1, 0.15) is 5.82 Å². The van der Waals surface area contributed by atoms with Crippen LogP contribution in [0.2, 0.25) is 0 Å². The summed E-state index contributed by atoms with van der Waals surface area (Å²) in [6.07, 6.45) is 6.46. The highest BCUT2D eigenvalue weighted by Crippen LogP contribution is 2.33. The van der Waals surface area contributed by atoms with Crippen molar-refractivity contribution in [1.82, 2.24) is 4.90 Å². The maximum atomic E-state index is 13.5. The standard InChI is InChI=1S/C23H21FN2O3S/c1-16(27)19-5-4-14-26(15-19)23(18-6-10-20(24)11-7-18)22(25-2)17-8-12-21(13-9-17)30(3,28)29/h4-14H,2,15H2,1,3H3/b23-22-. The molecule has 7 heteroatoms. The monoisotopic (exact) mass is 424 g/mol. The van der Waals surface area contributed by atoms with Gasteiger partial charge in [0, 0.05) is 29.2 Å². The van der Waals surface area contributed by atoms with Crippen LogP contribution in [0, 0.1) is 5.82 Å². The third kappa shape index (κ3) is 4.63. The van der Waals surface area contributed by atoms with Crippen molar-refractivity contribution in [3.63, 3.8) is 0 Å². The summed E-state index contributed by atoms with van der Waals surface area (Å²) in [6.45, 7) is 5.51. The van der Waals surface area contributed by atoms with Crippen molar-refractivity contribution in [2.45, 2.75) is 11.8 Å². The first-order valence-electron chi connectivity index (χ1n) is 9.13. The van der Waals surface area contributed by atoms with Gasteiger partial charge < -0.3 is 4.90 Å². The smallest absolute Gasteiger partial charge is 0.175 e. The molecule has 1 aliphatic heterocycles. The number of allylic oxidation sites excluding steroid dienone is 2. The molecule has 0 saturated carbocycles. The molecule has 0 N–H and O–H groups in total. The van der Waals surface area contributed by atoms with Gasteiger partial charge in [0.05, 0.1) is 22.8 Å². The van der Waals surface area contributed by atoms with Crippen molar-refractivity contribution >= 4 is 33.7 Å². The Bertz CT molecular complexity index is 1180. The number of aliphatic imine (C=N–C) groups is 1. The molecule has 0 saturated heterocycles. The lowest BCUT2D eigenvalue weighted by Gasteiger charge is -2.28. The quantitative estimate of drug-likeness (QED) is 0.517. The van der Waals surface area contributed by atoms with Crippen LogP contribution in [0.25, 0.3) is 11.4 Å². The molecule has 5 nitrogen and oxygen atoms in total. The largest absolute Gasteiger partial charge is 0.341 e. The lowest BCUT2D eigenvalue weighted by molar-refractivity contribution is -0.113. The highest BCUT2D eigenvalue weighted by atomic mass is 32.2. The summed E-state index contributed by atoms with van der Waals surface area (Å²) >= 11 is 0. The van der Waals surface area contributed by atoms with Gasteiger partial charge in [0.2, 0.25) is 0 Å². The summed E-state index contributed by atoms with van der Waals surface area (Å²) in [5.41, 5.74) is 3.05. The molecule has 0 atom stereocenters. The van der Waals surface area contributed by atoms with Crippen LogP contribution in [0.3, 0.4) is 0 Å². The second-order valence-corrected chi connectivity index (χ2v) is 8.89. The van der Waals surface area contributed by atoms with E-state index in [1.54, 1.807) is 42.6 Å². The minimum Gasteiger partial charge on any atom is -0.341 e. The summed E-state index contributed by atoms with van der Waals surface area (Å²) in [4.78, 5) is 18.1. The third-order valence-corrected chi connectivity index (χ3v) is 5.83. The second-order valence-electron chi connectivity index (χ2n) is 6.88. The van der Waals surface area contributed by atoms with E-state index in [0.717, 1.165) is 6.26 Å². The van der Waals surface area contributed by atoms with Crippen LogP contribution >= 0.6 is 0 Å². The Morgan fingerprint density at radius 1 is 1.07 bits per heavy atom. The average Bonchev–Trinajstić information content (AvgIpc) is 2.72. The molecule has 154 valence electrons. The zero-order valence-electron chi connectivity index (χ0n) is 16.7. The molecule has 0 fully saturated rings. The van der Waals surface area contributed by atoms with Crippen molar-refractivity contribution in [3.8, 4) is 0 Å². The van der Waals surface area contributed by atoms with Gasteiger partial charge in [0.15, 0.2) is 15.6 Å². The van der Waals surface area contributed by atoms with E-state index in [-0.39, 0.29) is 16.5 Å². The maximum Gasteiger partial charge on any atom is 0.175 e. The van der Waals surface area contributed by atoms with Crippen molar-refractivity contribution in [2.24, 2.45) is 4.99 Å². The molecule has 1 heterocycles. The van der Waals surface area contributed by atoms with E-state index in [2.05, 4.69) is 11.7 Å². The van der Waals surface area contributed by atoms with Crippen molar-refractivity contribution in [2.75, 3.05) is 12.8 Å². The first-order chi connectivity index (χ1) is 14.2. The van der Waals surface area contributed by atoms with Crippen LogP contribution in [0.1, 0.15) is 18.1 Å². The summed E-state index contributed by atoms with van der Waals surface area (Å²) in [6, 6.07) is 12.3. The Balaban J connectivity index is 2.18. The number of hydrogen-bond acceptors (Lipinski definition) is 5. The second kappa shape index (κ2) is 8.59. The Hall–Kier alpha value is -3.32. The number of ketones is 1. The lowest BCUT2D eigenvalue weighted by Crippen LogP contribution is -2.24. The lowest BCUT2D eigenvalue weighted by atomic mass is 10.0. The van der Waals surface area contributed by atoms with Gasteiger partial charge in [-0.1, -0.05) is 18.2 Å². The topological polar surface area (TPSA) is 66.8 Å². The molecule has 2 aromatic rings. The fourth-order valence-electron chi connectivity index (χ4n) is 3.14. The molecule has 2 aromatic carbocycles. The predicted octanol–water partition coefficient (Wildman–Crippen LogP) is 4.10. The molecule has 0 amide bonds. The van der Waals surface area contributed by atoms with Crippen molar-refractivity contribution in [3.05, 3.63) is 89.4 Å². The van der Waals surface area contributed by atoms with Crippen molar-refractivity contribution < 1.29 is 17.6 Å². The predicted molar refractivity (Wildman–Crippen MR) is 117 cm³/mol. The van der Waals surface area contributed by atoms with E-state index in [9.17, 15) is 17.6 Å². The van der Waals surface area contributed by atoms with Crippen LogP contribution in [0.5, 0.6) is 0 Å². The number of carbonyl (C=O) groups excluding carboxylic acids is 1. The SMILES string of the molecule is C=N/C(=C(/c1ccc(F)cc1)N1C=CC=C(C(C)=O)C1)c1ccc(S(C)(=O)=O)cc1. The molecule has 0 aliphatic carbocycles. The van der Waals surface area contributed by atoms with Gasteiger partial charge in [-0.05, 0) is 56.1 Å². The number of halogens is 1. The number of carbonyl (C=O) groups is 1. The van der Waals surface area contributed by atoms with E-state index in [1.165, 1.54) is 31.2 Å². The Morgan fingerprint density at radius 3 is 2.20 bits per heavy atom. The van der Waals surface area contributed by atoms with Crippen LogP contribution in [-0.2, 0) is 14.6 Å². The van der Waals surface area contributed by atoms with E-state index in [0.29, 0.717) is 34.6 Å². The highest BCUT2D eigenvalue weighted by molar-refractivity contribution is 7.90. The zero-order chi connectivity index (χ0) is 21.9. The number of rotatable bonds is 6. The van der Waals surface area contributed by atoms with E-state index < -0.39 is 9.84 Å². The molecular formula is C23H21FN2O3S. The molecule has 1 aliphatic rings. The molecule has 0 unspecified atom stereocenters. The molecule has 30 heavy (non-hydrogen) atoms. The summed E-state index contributed by atoms with van der Waals surface area (Å²) in [7, 11) is -3.34. The molecular weight excluding hydrogens is 403 g/mol. The van der Waals surface area contributed by atoms with E-state index in [4.69, 9.17) is 0 Å². The van der Waals surface area contributed by atoms with Crippen LogP contribution in [0.15, 0.2) is 82.3 Å². The molecule has 0 bridgehead atoms. The Morgan fingerprint density at radius 2 is 1.67 bits per heavy atom. The third-order valence-electron chi connectivity index (χ3n) is 4.70. The van der Waals surface area contributed by atoms with Crippen molar-refractivity contribution in [1.29, 1.82) is 0 Å². The van der Waals surface area contributed by atoms with Gasteiger partial charge >= 0.3 is 0 Å². The number of hydrogen-bond donors (Lipinski definition) is 0. The summed E-state index contributed by atoms with van der Waals surface area (Å²) < 4.78 is 37.1. The molecule has 0 radical (unpaired) electrons. The first kappa shape index (κ1) is 21.4. The fraction of sp³-hybridized carbons (Fsp3) is 0.130. The van der Waals surface area contributed by atoms with Crippen LogP contribution in [-0.4, -0.2) is 38.6 Å². The van der Waals surface area contributed by atoms with Gasteiger partial charge in [-0.25, -0.2) is 12.8 Å². The number of sulfone groups is 1. The Labute approximate surface area is 175 Å². The van der Waals surface area contributed by atoms with Crippen LogP contribution < -0.4 is 0 Å². The molecule has 0 aromatic heterocycles. The first-order valence-corrected chi connectivity index (χ1v) is 11.0. The summed E-state index contributed by atoms with van der Waals surface area (Å²) in [5, 5.41) is 0. The fourth-order valence-corrected chi connectivity index (χ4v) is 3.77. The number of Topliss-reactive ketones (excluding diaryl/α,β-unsaturated/α-hetero) is 1. The van der Waals surface area contributed by atoms with E-state index in [1.807, 2.05) is 4.90 Å². The van der Waals surface area contributed by atoms with Crippen LogP contribution in [0.4, 0.5) is 4.39 Å². The van der Waals surface area contributed by atoms with Gasteiger partial charge in [-0.3, -0.25) is 9.79 Å². The minimum absolute atomic E-state index is 0.0478. The number of benzene rings is 2. The van der Waals surface area contributed by atoms with Gasteiger partial charge in [-0.15, -0.1) is 0 Å². The zero-order valence-corrected chi connectivity index (χ0v) is 17.5. The van der Waals surface area contributed by atoms with Gasteiger partial charge in [-0.2, -0.15) is 0 Å². The molecule has 0 spiro atoms. The van der Waals surface area contributed by atoms with Gasteiger partial charge in [0.25, 0.3) is 0 Å².